The smallest absolute Gasteiger partial charge is 0.310 e. The molecule has 5 fully saturated rings. The second-order valence-corrected chi connectivity index (χ2v) is 10.9. The molecule has 1 aromatic rings. The van der Waals surface area contributed by atoms with Crippen LogP contribution in [0.15, 0.2) is 24.3 Å². The Morgan fingerprint density at radius 1 is 1.13 bits per heavy atom. The lowest BCUT2D eigenvalue weighted by atomic mass is 9.53. The maximum absolute atomic E-state index is 13.2. The number of rotatable bonds is 3. The fraction of sp³-hybridized carbons (Fsp3) is 0.720. The van der Waals surface area contributed by atoms with Crippen LogP contribution in [0.4, 0.5) is 10.1 Å². The van der Waals surface area contributed by atoms with Gasteiger partial charge in [-0.15, -0.1) is 0 Å². The van der Waals surface area contributed by atoms with Crippen molar-refractivity contribution in [2.75, 3.05) is 44.2 Å². The van der Waals surface area contributed by atoms with Gasteiger partial charge in [-0.25, -0.2) is 4.39 Å². The van der Waals surface area contributed by atoms with E-state index in [1.807, 2.05) is 12.1 Å². The van der Waals surface area contributed by atoms with Crippen LogP contribution in [0.5, 0.6) is 0 Å². The van der Waals surface area contributed by atoms with E-state index in [1.54, 1.807) is 0 Å². The second-order valence-electron chi connectivity index (χ2n) is 10.9. The van der Waals surface area contributed by atoms with E-state index in [4.69, 9.17) is 9.47 Å². The molecule has 0 radical (unpaired) electrons. The monoisotopic (exact) mass is 428 g/mol. The van der Waals surface area contributed by atoms with Crippen LogP contribution in [0.1, 0.15) is 39.0 Å². The van der Waals surface area contributed by atoms with E-state index >= 15 is 0 Å². The zero-order chi connectivity index (χ0) is 21.2. The standard InChI is InChI=1S/C25H33FN2O3/c1-24-7-2-8-25(16-30-25)22(24)13-19-20(23(29)31-21(19)14-24)15-27-9-11-28(12-10-27)18-5-3-17(26)4-6-18/h3-6,19-22H,2,7-16H2,1H3/t19-,20?,21-,22?,24-,25+/m1/s1. The Morgan fingerprint density at radius 2 is 1.87 bits per heavy atom. The van der Waals surface area contributed by atoms with Crippen LogP contribution < -0.4 is 4.90 Å². The zero-order valence-corrected chi connectivity index (χ0v) is 18.4. The molecule has 2 saturated carbocycles. The van der Waals surface area contributed by atoms with E-state index in [2.05, 4.69) is 16.7 Å². The summed E-state index contributed by atoms with van der Waals surface area (Å²) in [6.45, 7) is 7.77. The molecule has 3 heterocycles. The van der Waals surface area contributed by atoms with Crippen molar-refractivity contribution >= 4 is 11.7 Å². The zero-order valence-electron chi connectivity index (χ0n) is 18.4. The molecule has 0 bridgehead atoms. The van der Waals surface area contributed by atoms with E-state index in [1.165, 1.54) is 31.4 Å². The number of hydrogen-bond acceptors (Lipinski definition) is 5. The molecule has 3 saturated heterocycles. The third-order valence-electron chi connectivity index (χ3n) is 9.10. The number of piperazine rings is 1. The van der Waals surface area contributed by atoms with Crippen molar-refractivity contribution < 1.29 is 18.7 Å². The number of anilines is 1. The topological polar surface area (TPSA) is 45.3 Å². The summed E-state index contributed by atoms with van der Waals surface area (Å²) in [6.07, 6.45) is 5.84. The van der Waals surface area contributed by atoms with E-state index < -0.39 is 0 Å². The second kappa shape index (κ2) is 7.17. The molecule has 31 heavy (non-hydrogen) atoms. The Balaban J connectivity index is 1.11. The molecular formula is C25H33FN2O3. The molecule has 0 N–H and O–H groups in total. The van der Waals surface area contributed by atoms with Crippen molar-refractivity contribution in [2.45, 2.75) is 50.7 Å². The molecular weight excluding hydrogens is 395 g/mol. The Labute approximate surface area is 183 Å². The Bertz CT molecular complexity index is 849. The first-order valence-electron chi connectivity index (χ1n) is 12.0. The van der Waals surface area contributed by atoms with Crippen molar-refractivity contribution in [3.63, 3.8) is 0 Å². The molecule has 2 aliphatic carbocycles. The SMILES string of the molecule is C[C@]12CCC[C@]3(CO3)C1C[C@@H]1C(CN3CCN(c4ccc(F)cc4)CC3)C(=O)O[C@@H]1C2. The number of halogens is 1. The first-order valence-corrected chi connectivity index (χ1v) is 12.0. The quantitative estimate of drug-likeness (QED) is 0.545. The van der Waals surface area contributed by atoms with Gasteiger partial charge in [-0.1, -0.05) is 6.92 Å². The molecule has 5 nitrogen and oxygen atoms in total. The number of esters is 1. The van der Waals surface area contributed by atoms with Gasteiger partial charge in [0.05, 0.1) is 18.1 Å². The summed E-state index contributed by atoms with van der Waals surface area (Å²) in [4.78, 5) is 17.6. The molecule has 1 spiro atoms. The lowest BCUT2D eigenvalue weighted by Gasteiger charge is -2.51. The highest BCUT2D eigenvalue weighted by Gasteiger charge is 2.65. The van der Waals surface area contributed by atoms with Crippen LogP contribution in [0.2, 0.25) is 0 Å². The minimum absolute atomic E-state index is 0.00959. The molecule has 2 unspecified atom stereocenters. The molecule has 1 aromatic carbocycles. The maximum Gasteiger partial charge on any atom is 0.310 e. The number of nitrogens with zero attached hydrogens (tertiary/aromatic N) is 2. The number of ether oxygens (including phenoxy) is 2. The summed E-state index contributed by atoms with van der Waals surface area (Å²) in [5.41, 5.74) is 1.43. The summed E-state index contributed by atoms with van der Waals surface area (Å²) < 4.78 is 25.2. The predicted molar refractivity (Wildman–Crippen MR) is 115 cm³/mol. The normalized spacial score (nSPS) is 42.3. The van der Waals surface area contributed by atoms with E-state index in [-0.39, 0.29) is 34.8 Å². The van der Waals surface area contributed by atoms with Gasteiger partial charge in [0.25, 0.3) is 0 Å². The van der Waals surface area contributed by atoms with E-state index in [9.17, 15) is 9.18 Å². The first-order chi connectivity index (χ1) is 15.0. The van der Waals surface area contributed by atoms with Gasteiger partial charge in [0, 0.05) is 44.3 Å². The highest BCUT2D eigenvalue weighted by Crippen LogP contribution is 2.62. The minimum atomic E-state index is -0.198. The van der Waals surface area contributed by atoms with Crippen LogP contribution in [-0.2, 0) is 14.3 Å². The highest BCUT2D eigenvalue weighted by molar-refractivity contribution is 5.75. The van der Waals surface area contributed by atoms with Gasteiger partial charge in [-0.2, -0.15) is 0 Å². The van der Waals surface area contributed by atoms with Crippen molar-refractivity contribution in [3.05, 3.63) is 30.1 Å². The van der Waals surface area contributed by atoms with Gasteiger partial charge < -0.3 is 14.4 Å². The van der Waals surface area contributed by atoms with Crippen LogP contribution in [0.25, 0.3) is 0 Å². The molecule has 3 aliphatic heterocycles. The summed E-state index contributed by atoms with van der Waals surface area (Å²) >= 11 is 0. The Hall–Kier alpha value is -1.66. The molecule has 6 atom stereocenters. The van der Waals surface area contributed by atoms with Gasteiger partial charge in [0.15, 0.2) is 0 Å². The molecule has 6 rings (SSSR count). The highest BCUT2D eigenvalue weighted by atomic mass is 19.1. The van der Waals surface area contributed by atoms with Crippen LogP contribution in [0.3, 0.4) is 0 Å². The number of benzene rings is 1. The van der Waals surface area contributed by atoms with Gasteiger partial charge >= 0.3 is 5.97 Å². The van der Waals surface area contributed by atoms with Crippen LogP contribution in [0, 0.1) is 29.0 Å². The first kappa shape index (κ1) is 20.0. The molecule has 168 valence electrons. The van der Waals surface area contributed by atoms with Crippen molar-refractivity contribution in [1.82, 2.24) is 4.90 Å². The van der Waals surface area contributed by atoms with E-state index in [0.29, 0.717) is 11.8 Å². The third-order valence-corrected chi connectivity index (χ3v) is 9.10. The molecule has 6 heteroatoms. The minimum Gasteiger partial charge on any atom is -0.462 e. The lowest BCUT2D eigenvalue weighted by molar-refractivity contribution is -0.147. The average molecular weight is 429 g/mol. The van der Waals surface area contributed by atoms with Crippen molar-refractivity contribution in [2.24, 2.45) is 23.2 Å². The summed E-state index contributed by atoms with van der Waals surface area (Å²) in [5.74, 6) is 0.715. The Morgan fingerprint density at radius 3 is 2.58 bits per heavy atom. The average Bonchev–Trinajstić information content (AvgIpc) is 3.46. The van der Waals surface area contributed by atoms with Crippen LogP contribution >= 0.6 is 0 Å². The largest absolute Gasteiger partial charge is 0.462 e. The van der Waals surface area contributed by atoms with E-state index in [0.717, 1.165) is 57.9 Å². The third kappa shape index (κ3) is 3.37. The van der Waals surface area contributed by atoms with Gasteiger partial charge in [0.1, 0.15) is 11.9 Å². The predicted octanol–water partition coefficient (Wildman–Crippen LogP) is 3.47. The molecule has 5 aliphatic rings. The fourth-order valence-electron chi connectivity index (χ4n) is 7.28. The van der Waals surface area contributed by atoms with Gasteiger partial charge in [0.2, 0.25) is 0 Å². The lowest BCUT2D eigenvalue weighted by Crippen LogP contribution is -2.52. The number of epoxide rings is 1. The van der Waals surface area contributed by atoms with Crippen LogP contribution in [-0.4, -0.2) is 61.9 Å². The van der Waals surface area contributed by atoms with Gasteiger partial charge in [-0.3, -0.25) is 9.69 Å². The number of fused-ring (bicyclic) bond motifs is 3. The van der Waals surface area contributed by atoms with Crippen molar-refractivity contribution in [3.8, 4) is 0 Å². The molecule has 0 amide bonds. The summed E-state index contributed by atoms with van der Waals surface area (Å²) in [7, 11) is 0. The van der Waals surface area contributed by atoms with Gasteiger partial charge in [-0.05, 0) is 67.7 Å². The summed E-state index contributed by atoms with van der Waals surface area (Å²) in [6, 6.07) is 6.75. The number of hydrogen-bond donors (Lipinski definition) is 0. The number of carbonyl (C=O) groups excluding carboxylic acids is 1. The fourth-order valence-corrected chi connectivity index (χ4v) is 7.28. The number of carbonyl (C=O) groups is 1. The van der Waals surface area contributed by atoms with Crippen molar-refractivity contribution in [1.29, 1.82) is 0 Å². The summed E-state index contributed by atoms with van der Waals surface area (Å²) in [5, 5.41) is 0. The Kier molecular flexibility index (Phi) is 4.62. The maximum atomic E-state index is 13.2. The molecule has 0 aromatic heterocycles.